The monoisotopic (exact) mass is 835 g/mol. The van der Waals surface area contributed by atoms with Gasteiger partial charge in [-0.05, 0) is 110 Å². The first-order chi connectivity index (χ1) is 29.2. The SMILES string of the molecule is CCOC(=O)c1c(NC(=O)C(C)Sc2cccc(NC(=O)/C(=C/c3ccc(OCc4ccccc4)cc3)NC(=O)c3ccccc3)c2)sc2c1CCC(c1ccccc1)C2. The molecule has 3 amide bonds. The Kier molecular flexibility index (Phi) is 13.9. The first-order valence-corrected chi connectivity index (χ1v) is 21.5. The number of anilines is 2. The van der Waals surface area contributed by atoms with Crippen LogP contribution in [0.2, 0.25) is 0 Å². The van der Waals surface area contributed by atoms with E-state index in [1.165, 1.54) is 28.7 Å². The van der Waals surface area contributed by atoms with Crippen molar-refractivity contribution in [1.82, 2.24) is 5.32 Å². The molecular weight excluding hydrogens is 791 g/mol. The van der Waals surface area contributed by atoms with Gasteiger partial charge in [-0.3, -0.25) is 14.4 Å². The van der Waals surface area contributed by atoms with Crippen LogP contribution in [0.5, 0.6) is 5.75 Å². The molecule has 0 saturated carbocycles. The number of thioether (sulfide) groups is 1. The highest BCUT2D eigenvalue weighted by Crippen LogP contribution is 2.43. The summed E-state index contributed by atoms with van der Waals surface area (Å²) in [5.41, 5.74) is 5.32. The number of carbonyl (C=O) groups is 4. The average molecular weight is 836 g/mol. The van der Waals surface area contributed by atoms with Crippen LogP contribution in [-0.2, 0) is 33.8 Å². The maximum absolute atomic E-state index is 13.8. The third kappa shape index (κ3) is 10.8. The molecule has 1 aromatic heterocycles. The van der Waals surface area contributed by atoms with Gasteiger partial charge in [-0.15, -0.1) is 23.1 Å². The summed E-state index contributed by atoms with van der Waals surface area (Å²) < 4.78 is 11.4. The highest BCUT2D eigenvalue weighted by molar-refractivity contribution is 8.00. The van der Waals surface area contributed by atoms with E-state index >= 15 is 0 Å². The predicted octanol–water partition coefficient (Wildman–Crippen LogP) is 10.3. The van der Waals surface area contributed by atoms with Gasteiger partial charge in [-0.2, -0.15) is 0 Å². The number of esters is 1. The first kappa shape index (κ1) is 41.7. The van der Waals surface area contributed by atoms with Crippen LogP contribution in [0.25, 0.3) is 6.08 Å². The van der Waals surface area contributed by atoms with Crippen molar-refractivity contribution in [1.29, 1.82) is 0 Å². The van der Waals surface area contributed by atoms with Crippen LogP contribution in [0.4, 0.5) is 10.7 Å². The fourth-order valence-corrected chi connectivity index (χ4v) is 9.17. The second kappa shape index (κ2) is 20.0. The topological polar surface area (TPSA) is 123 Å². The van der Waals surface area contributed by atoms with E-state index in [1.54, 1.807) is 62.4 Å². The summed E-state index contributed by atoms with van der Waals surface area (Å²) in [5, 5.41) is 8.71. The van der Waals surface area contributed by atoms with Crippen molar-refractivity contribution in [3.8, 4) is 5.75 Å². The number of ether oxygens (including phenoxy) is 2. The molecular formula is C49H45N3O6S2. The molecule has 60 heavy (non-hydrogen) atoms. The molecule has 7 rings (SSSR count). The predicted molar refractivity (Wildman–Crippen MR) is 240 cm³/mol. The van der Waals surface area contributed by atoms with Gasteiger partial charge in [0.15, 0.2) is 0 Å². The molecule has 1 aliphatic rings. The number of rotatable bonds is 15. The van der Waals surface area contributed by atoms with Crippen LogP contribution >= 0.6 is 23.1 Å². The summed E-state index contributed by atoms with van der Waals surface area (Å²) in [6.07, 6.45) is 4.03. The molecule has 1 aliphatic carbocycles. The van der Waals surface area contributed by atoms with Crippen molar-refractivity contribution in [3.05, 3.63) is 183 Å². The molecule has 2 atom stereocenters. The molecule has 11 heteroatoms. The molecule has 1 heterocycles. The minimum Gasteiger partial charge on any atom is -0.489 e. The third-order valence-electron chi connectivity index (χ3n) is 9.99. The van der Waals surface area contributed by atoms with E-state index in [4.69, 9.17) is 9.47 Å². The van der Waals surface area contributed by atoms with Crippen molar-refractivity contribution in [2.24, 2.45) is 0 Å². The second-order valence-corrected chi connectivity index (χ2v) is 16.8. The van der Waals surface area contributed by atoms with Gasteiger partial charge < -0.3 is 25.4 Å². The Morgan fingerprint density at radius 1 is 0.833 bits per heavy atom. The second-order valence-electron chi connectivity index (χ2n) is 14.2. The molecule has 5 aromatic carbocycles. The molecule has 3 N–H and O–H groups in total. The fraction of sp³-hybridized carbons (Fsp3) is 0.184. The molecule has 9 nitrogen and oxygen atoms in total. The normalized spacial score (nSPS) is 14.0. The minimum absolute atomic E-state index is 0.0405. The smallest absolute Gasteiger partial charge is 0.341 e. The van der Waals surface area contributed by atoms with Crippen molar-refractivity contribution >= 4 is 63.6 Å². The van der Waals surface area contributed by atoms with Crippen LogP contribution < -0.4 is 20.7 Å². The Morgan fingerprint density at radius 2 is 1.53 bits per heavy atom. The summed E-state index contributed by atoms with van der Waals surface area (Å²) in [6.45, 7) is 4.22. The highest BCUT2D eigenvalue weighted by atomic mass is 32.2. The van der Waals surface area contributed by atoms with Gasteiger partial charge in [-0.25, -0.2) is 4.79 Å². The molecule has 0 fully saturated rings. The molecule has 2 unspecified atom stereocenters. The lowest BCUT2D eigenvalue weighted by Gasteiger charge is -2.23. The maximum atomic E-state index is 13.8. The average Bonchev–Trinajstić information content (AvgIpc) is 3.64. The maximum Gasteiger partial charge on any atom is 0.341 e. The van der Waals surface area contributed by atoms with Gasteiger partial charge in [0.05, 0.1) is 17.4 Å². The number of carbonyl (C=O) groups excluding carboxylic acids is 4. The zero-order valence-electron chi connectivity index (χ0n) is 33.3. The van der Waals surface area contributed by atoms with Crippen LogP contribution in [0, 0.1) is 0 Å². The molecule has 0 aliphatic heterocycles. The number of hydrogen-bond acceptors (Lipinski definition) is 8. The molecule has 0 bridgehead atoms. The first-order valence-electron chi connectivity index (χ1n) is 19.8. The van der Waals surface area contributed by atoms with Gasteiger partial charge >= 0.3 is 5.97 Å². The molecule has 0 spiro atoms. The standard InChI is InChI=1S/C49H45N3O6S2/c1-3-57-49(56)44-41-27-24-37(35-16-9-5-10-17-35)29-43(41)60-48(44)52-45(53)32(2)59-40-21-13-20-38(30-40)50-47(55)42(51-46(54)36-18-11-6-12-19-36)28-33-22-25-39(26-23-33)58-31-34-14-7-4-8-15-34/h4-23,25-26,28,30,32,37H,3,24,27,29,31H2,1-2H3,(H,50,55)(H,51,54)(H,52,53)/b42-28-. The largest absolute Gasteiger partial charge is 0.489 e. The summed E-state index contributed by atoms with van der Waals surface area (Å²) in [6, 6.07) is 43.3. The van der Waals surface area contributed by atoms with Crippen molar-refractivity contribution in [3.63, 3.8) is 0 Å². The van der Waals surface area contributed by atoms with Crippen LogP contribution in [0.15, 0.2) is 150 Å². The fourth-order valence-electron chi connectivity index (χ4n) is 6.93. The zero-order chi connectivity index (χ0) is 41.8. The van der Waals surface area contributed by atoms with E-state index in [0.717, 1.165) is 40.2 Å². The van der Waals surface area contributed by atoms with E-state index < -0.39 is 23.0 Å². The van der Waals surface area contributed by atoms with E-state index in [0.29, 0.717) is 45.7 Å². The number of thiophene rings is 1. The van der Waals surface area contributed by atoms with Gasteiger partial charge in [0.2, 0.25) is 5.91 Å². The lowest BCUT2D eigenvalue weighted by Crippen LogP contribution is -2.30. The van der Waals surface area contributed by atoms with E-state index in [9.17, 15) is 19.2 Å². The van der Waals surface area contributed by atoms with Gasteiger partial charge in [0, 0.05) is 21.0 Å². The van der Waals surface area contributed by atoms with Crippen molar-refractivity contribution < 1.29 is 28.7 Å². The number of fused-ring (bicyclic) bond motifs is 1. The number of benzene rings is 5. The summed E-state index contributed by atoms with van der Waals surface area (Å²) >= 11 is 2.77. The number of hydrogen-bond donors (Lipinski definition) is 3. The summed E-state index contributed by atoms with van der Waals surface area (Å²) in [4.78, 5) is 55.9. The number of amides is 3. The summed E-state index contributed by atoms with van der Waals surface area (Å²) in [7, 11) is 0. The third-order valence-corrected chi connectivity index (χ3v) is 12.3. The van der Waals surface area contributed by atoms with Crippen molar-refractivity contribution in [2.75, 3.05) is 17.2 Å². The van der Waals surface area contributed by atoms with Gasteiger partial charge in [-0.1, -0.05) is 97.1 Å². The molecule has 304 valence electrons. The Labute approximate surface area is 358 Å². The van der Waals surface area contributed by atoms with Crippen LogP contribution in [0.1, 0.15) is 74.0 Å². The Morgan fingerprint density at radius 3 is 2.25 bits per heavy atom. The Balaban J connectivity index is 1.03. The van der Waals surface area contributed by atoms with Crippen LogP contribution in [-0.4, -0.2) is 35.5 Å². The Bertz CT molecular complexity index is 2470. The van der Waals surface area contributed by atoms with Gasteiger partial charge in [0.1, 0.15) is 23.1 Å². The Hall–Kier alpha value is -6.43. The van der Waals surface area contributed by atoms with E-state index in [1.807, 2.05) is 84.9 Å². The quantitative estimate of drug-likeness (QED) is 0.0535. The molecule has 0 saturated heterocycles. The van der Waals surface area contributed by atoms with Gasteiger partial charge in [0.25, 0.3) is 11.8 Å². The summed E-state index contributed by atoms with van der Waals surface area (Å²) in [5.74, 6) is -0.647. The zero-order valence-corrected chi connectivity index (χ0v) is 34.9. The molecule has 6 aromatic rings. The van der Waals surface area contributed by atoms with E-state index in [2.05, 4.69) is 28.1 Å². The van der Waals surface area contributed by atoms with E-state index in [-0.39, 0.29) is 18.2 Å². The van der Waals surface area contributed by atoms with Crippen LogP contribution in [0.3, 0.4) is 0 Å². The lowest BCUT2D eigenvalue weighted by molar-refractivity contribution is -0.115. The highest BCUT2D eigenvalue weighted by Gasteiger charge is 2.31. The van der Waals surface area contributed by atoms with Crippen molar-refractivity contribution in [2.45, 2.75) is 55.8 Å². The minimum atomic E-state index is -0.553. The molecule has 0 radical (unpaired) electrons. The lowest BCUT2D eigenvalue weighted by atomic mass is 9.83. The number of nitrogens with one attached hydrogen (secondary N) is 3.